The lowest BCUT2D eigenvalue weighted by Crippen LogP contribution is -2.53. The number of carbonyl (C=O) groups excluding carboxylic acids is 1. The fraction of sp³-hybridized carbons (Fsp3) is 0.438. The van der Waals surface area contributed by atoms with Gasteiger partial charge in [0, 0.05) is 44.4 Å². The minimum absolute atomic E-state index is 0.0509. The number of hydrogen-bond acceptors (Lipinski definition) is 5. The number of nitrogens with zero attached hydrogens (tertiary/aromatic N) is 4. The molecule has 7 heteroatoms. The second-order valence-corrected chi connectivity index (χ2v) is 6.03. The minimum Gasteiger partial charge on any atom is -0.365 e. The second-order valence-electron chi connectivity index (χ2n) is 6.03. The summed E-state index contributed by atoms with van der Waals surface area (Å²) in [5.41, 5.74) is 1.05. The summed E-state index contributed by atoms with van der Waals surface area (Å²) >= 11 is 0. The number of amides is 1. The highest BCUT2D eigenvalue weighted by Crippen LogP contribution is 2.25. The van der Waals surface area contributed by atoms with Gasteiger partial charge in [0.1, 0.15) is 12.4 Å². The van der Waals surface area contributed by atoms with Gasteiger partial charge in [-0.15, -0.1) is 0 Å². The number of morpholine rings is 1. The van der Waals surface area contributed by atoms with E-state index in [4.69, 9.17) is 4.74 Å². The van der Waals surface area contributed by atoms with E-state index in [1.165, 1.54) is 0 Å². The number of fused-ring (bicyclic) bond motifs is 1. The molecule has 1 N–H and O–H groups in total. The third kappa shape index (κ3) is 2.97. The Morgan fingerprint density at radius 3 is 3.04 bits per heavy atom. The van der Waals surface area contributed by atoms with Crippen LogP contribution < -0.4 is 0 Å². The molecule has 23 heavy (non-hydrogen) atoms. The molecule has 2 aliphatic heterocycles. The molecule has 0 saturated carbocycles. The van der Waals surface area contributed by atoms with Crippen LogP contribution in [0.2, 0.25) is 0 Å². The van der Waals surface area contributed by atoms with Crippen molar-refractivity contribution in [2.75, 3.05) is 19.7 Å². The first-order valence-electron chi connectivity index (χ1n) is 7.80. The smallest absolute Gasteiger partial charge is 0.249 e. The molecule has 0 aromatic carbocycles. The van der Waals surface area contributed by atoms with Crippen molar-refractivity contribution in [3.8, 4) is 0 Å². The topological polar surface area (TPSA) is 74.3 Å². The molecule has 0 bridgehead atoms. The van der Waals surface area contributed by atoms with Crippen molar-refractivity contribution in [3.63, 3.8) is 0 Å². The Bertz CT molecular complexity index is 660. The second kappa shape index (κ2) is 6.10. The molecule has 4 rings (SSSR count). The van der Waals surface area contributed by atoms with E-state index in [1.54, 1.807) is 12.4 Å². The van der Waals surface area contributed by atoms with Gasteiger partial charge in [-0.1, -0.05) is 6.07 Å². The SMILES string of the molecule is O=C1CO[C@H]2CN(Cc3ncc[nH]3)C[C@H]2N1Cc1cccnc1. The number of H-pyrrole nitrogens is 1. The molecular formula is C16H19N5O2. The molecule has 2 aliphatic rings. The molecule has 2 aromatic heterocycles. The number of carbonyl (C=O) groups is 1. The highest BCUT2D eigenvalue weighted by molar-refractivity contribution is 5.78. The zero-order valence-electron chi connectivity index (χ0n) is 12.8. The maximum atomic E-state index is 12.3. The van der Waals surface area contributed by atoms with Crippen molar-refractivity contribution in [2.24, 2.45) is 0 Å². The summed E-state index contributed by atoms with van der Waals surface area (Å²) in [6.45, 7) is 3.12. The summed E-state index contributed by atoms with van der Waals surface area (Å²) in [7, 11) is 0. The molecule has 0 aliphatic carbocycles. The number of aromatic amines is 1. The summed E-state index contributed by atoms with van der Waals surface area (Å²) < 4.78 is 5.75. The Morgan fingerprint density at radius 1 is 1.30 bits per heavy atom. The van der Waals surface area contributed by atoms with Gasteiger partial charge in [0.2, 0.25) is 5.91 Å². The summed E-state index contributed by atoms with van der Waals surface area (Å²) in [4.78, 5) is 28.1. The number of rotatable bonds is 4. The van der Waals surface area contributed by atoms with E-state index in [1.807, 2.05) is 29.4 Å². The summed E-state index contributed by atoms with van der Waals surface area (Å²) in [6, 6.07) is 3.99. The van der Waals surface area contributed by atoms with Crippen LogP contribution in [0.5, 0.6) is 0 Å². The molecule has 0 radical (unpaired) electrons. The van der Waals surface area contributed by atoms with Gasteiger partial charge in [-0.2, -0.15) is 0 Å². The van der Waals surface area contributed by atoms with Crippen LogP contribution in [0.25, 0.3) is 0 Å². The number of imidazole rings is 1. The first-order chi connectivity index (χ1) is 11.3. The van der Waals surface area contributed by atoms with Crippen molar-refractivity contribution in [3.05, 3.63) is 48.3 Å². The van der Waals surface area contributed by atoms with Crippen LogP contribution in [0.4, 0.5) is 0 Å². The Hall–Kier alpha value is -2.25. The van der Waals surface area contributed by atoms with Crippen LogP contribution in [0.1, 0.15) is 11.4 Å². The third-order valence-corrected chi connectivity index (χ3v) is 4.46. The number of likely N-dealkylation sites (tertiary alicyclic amines) is 1. The van der Waals surface area contributed by atoms with Gasteiger partial charge in [0.15, 0.2) is 0 Å². The van der Waals surface area contributed by atoms with E-state index < -0.39 is 0 Å². The molecule has 120 valence electrons. The van der Waals surface area contributed by atoms with Gasteiger partial charge in [-0.3, -0.25) is 14.7 Å². The predicted octanol–water partition coefficient (Wildman–Crippen LogP) is 0.417. The number of aromatic nitrogens is 3. The van der Waals surface area contributed by atoms with Gasteiger partial charge in [0.05, 0.1) is 18.7 Å². The fourth-order valence-corrected chi connectivity index (χ4v) is 3.36. The van der Waals surface area contributed by atoms with Gasteiger partial charge in [0.25, 0.3) is 0 Å². The van der Waals surface area contributed by atoms with Crippen molar-refractivity contribution >= 4 is 5.91 Å². The molecule has 1 amide bonds. The zero-order valence-corrected chi connectivity index (χ0v) is 12.8. The largest absolute Gasteiger partial charge is 0.365 e. The van der Waals surface area contributed by atoms with E-state index in [-0.39, 0.29) is 24.7 Å². The van der Waals surface area contributed by atoms with Crippen LogP contribution >= 0.6 is 0 Å². The van der Waals surface area contributed by atoms with E-state index in [0.717, 1.165) is 31.0 Å². The standard InChI is InChI=1S/C16H19N5O2/c22-16-11-23-14-9-20(10-15-18-4-5-19-15)8-13(14)21(16)7-12-2-1-3-17-6-12/h1-6,13-14H,7-11H2,(H,18,19)/t13-,14+/m1/s1. The average Bonchev–Trinajstić information content (AvgIpc) is 3.21. The minimum atomic E-state index is 0.0509. The first kappa shape index (κ1) is 14.3. The molecule has 0 unspecified atom stereocenters. The maximum absolute atomic E-state index is 12.3. The lowest BCUT2D eigenvalue weighted by molar-refractivity contribution is -0.153. The normalized spacial score (nSPS) is 24.9. The van der Waals surface area contributed by atoms with Crippen LogP contribution in [0, 0.1) is 0 Å². The van der Waals surface area contributed by atoms with Crippen LogP contribution in [-0.4, -0.2) is 62.5 Å². The first-order valence-corrected chi connectivity index (χ1v) is 7.80. The average molecular weight is 313 g/mol. The Morgan fingerprint density at radius 2 is 2.26 bits per heavy atom. The molecule has 7 nitrogen and oxygen atoms in total. The molecule has 2 aromatic rings. The quantitative estimate of drug-likeness (QED) is 0.885. The fourth-order valence-electron chi connectivity index (χ4n) is 3.36. The molecule has 4 heterocycles. The number of hydrogen-bond donors (Lipinski definition) is 1. The van der Waals surface area contributed by atoms with Crippen LogP contribution in [0.15, 0.2) is 36.9 Å². The summed E-state index contributed by atoms with van der Waals surface area (Å²) in [5, 5.41) is 0. The number of ether oxygens (including phenoxy) is 1. The van der Waals surface area contributed by atoms with Crippen molar-refractivity contribution in [1.29, 1.82) is 0 Å². The molecular weight excluding hydrogens is 294 g/mol. The molecule has 0 spiro atoms. The van der Waals surface area contributed by atoms with E-state index >= 15 is 0 Å². The summed E-state index contributed by atoms with van der Waals surface area (Å²) in [5.74, 6) is 0.990. The van der Waals surface area contributed by atoms with Crippen LogP contribution in [0.3, 0.4) is 0 Å². The van der Waals surface area contributed by atoms with E-state index in [0.29, 0.717) is 6.54 Å². The van der Waals surface area contributed by atoms with Crippen molar-refractivity contribution < 1.29 is 9.53 Å². The number of nitrogens with one attached hydrogen (secondary N) is 1. The number of pyridine rings is 1. The predicted molar refractivity (Wildman–Crippen MR) is 82.2 cm³/mol. The molecule has 2 fully saturated rings. The van der Waals surface area contributed by atoms with E-state index in [2.05, 4.69) is 19.9 Å². The third-order valence-electron chi connectivity index (χ3n) is 4.46. The monoisotopic (exact) mass is 313 g/mol. The lowest BCUT2D eigenvalue weighted by atomic mass is 10.1. The highest BCUT2D eigenvalue weighted by atomic mass is 16.5. The van der Waals surface area contributed by atoms with E-state index in [9.17, 15) is 4.79 Å². The highest BCUT2D eigenvalue weighted by Gasteiger charge is 2.43. The maximum Gasteiger partial charge on any atom is 0.249 e. The zero-order chi connectivity index (χ0) is 15.6. The Labute approximate surface area is 134 Å². The van der Waals surface area contributed by atoms with Gasteiger partial charge in [-0.05, 0) is 11.6 Å². The van der Waals surface area contributed by atoms with Gasteiger partial charge >= 0.3 is 0 Å². The summed E-state index contributed by atoms with van der Waals surface area (Å²) in [6.07, 6.45) is 7.21. The molecule has 2 saturated heterocycles. The Kier molecular flexibility index (Phi) is 3.80. The van der Waals surface area contributed by atoms with Crippen molar-refractivity contribution in [2.45, 2.75) is 25.2 Å². The van der Waals surface area contributed by atoms with Gasteiger partial charge in [-0.25, -0.2) is 4.98 Å². The van der Waals surface area contributed by atoms with Gasteiger partial charge < -0.3 is 14.6 Å². The Balaban J connectivity index is 1.47. The lowest BCUT2D eigenvalue weighted by Gasteiger charge is -2.36. The molecule has 2 atom stereocenters. The van der Waals surface area contributed by atoms with Crippen LogP contribution in [-0.2, 0) is 22.6 Å². The van der Waals surface area contributed by atoms with Crippen molar-refractivity contribution in [1.82, 2.24) is 24.8 Å².